The van der Waals surface area contributed by atoms with E-state index in [2.05, 4.69) is 0 Å². The molecule has 0 spiro atoms. The number of rotatable bonds is 9. The maximum Gasteiger partial charge on any atom is 0.331 e. The summed E-state index contributed by atoms with van der Waals surface area (Å²) >= 11 is 0. The minimum atomic E-state index is -0.547. The molecule has 1 aliphatic rings. The van der Waals surface area contributed by atoms with Crippen LogP contribution < -0.4 is 9.47 Å². The number of carbonyl (C=O) groups excluding carboxylic acids is 2. The number of amides is 1. The Labute approximate surface area is 170 Å². The molecule has 1 fully saturated rings. The molecule has 0 aromatic heterocycles. The molecular formula is C23H25NO5. The fraction of sp³-hybridized carbons (Fsp3) is 0.304. The van der Waals surface area contributed by atoms with E-state index in [1.54, 1.807) is 37.3 Å². The SMILES string of the molecule is COc1ccc(/C=C/C(=O)OCC(=O)N(Cc2ccc(OC)cc2)C2CC2)cc1. The second-order valence-electron chi connectivity index (χ2n) is 6.82. The fourth-order valence-corrected chi connectivity index (χ4v) is 2.88. The number of benzene rings is 2. The number of ether oxygens (including phenoxy) is 3. The first-order valence-electron chi connectivity index (χ1n) is 9.50. The van der Waals surface area contributed by atoms with Crippen molar-refractivity contribution in [2.24, 2.45) is 0 Å². The van der Waals surface area contributed by atoms with E-state index in [1.807, 2.05) is 36.4 Å². The molecule has 0 aliphatic heterocycles. The number of esters is 1. The number of hydrogen-bond donors (Lipinski definition) is 0. The molecule has 1 aliphatic carbocycles. The molecule has 0 unspecified atom stereocenters. The Morgan fingerprint density at radius 2 is 1.55 bits per heavy atom. The highest BCUT2D eigenvalue weighted by molar-refractivity contribution is 5.89. The average Bonchev–Trinajstić information content (AvgIpc) is 3.60. The third-order valence-corrected chi connectivity index (χ3v) is 4.69. The van der Waals surface area contributed by atoms with Gasteiger partial charge in [-0.3, -0.25) is 4.79 Å². The molecule has 3 rings (SSSR count). The molecule has 1 saturated carbocycles. The molecule has 152 valence electrons. The second kappa shape index (κ2) is 9.78. The topological polar surface area (TPSA) is 65.1 Å². The van der Waals surface area contributed by atoms with Gasteiger partial charge in [0.15, 0.2) is 6.61 Å². The number of methoxy groups -OCH3 is 2. The van der Waals surface area contributed by atoms with Gasteiger partial charge in [0, 0.05) is 18.7 Å². The Bertz CT molecular complexity index is 854. The van der Waals surface area contributed by atoms with Gasteiger partial charge in [0.05, 0.1) is 14.2 Å². The van der Waals surface area contributed by atoms with Gasteiger partial charge in [-0.05, 0) is 54.3 Å². The van der Waals surface area contributed by atoms with Gasteiger partial charge in [0.1, 0.15) is 11.5 Å². The van der Waals surface area contributed by atoms with Crippen LogP contribution in [0.5, 0.6) is 11.5 Å². The highest BCUT2D eigenvalue weighted by atomic mass is 16.5. The lowest BCUT2D eigenvalue weighted by molar-refractivity contribution is -0.148. The van der Waals surface area contributed by atoms with E-state index in [0.717, 1.165) is 35.5 Å². The van der Waals surface area contributed by atoms with Crippen molar-refractivity contribution in [3.05, 3.63) is 65.7 Å². The van der Waals surface area contributed by atoms with Crippen molar-refractivity contribution in [2.75, 3.05) is 20.8 Å². The minimum Gasteiger partial charge on any atom is -0.497 e. The van der Waals surface area contributed by atoms with Gasteiger partial charge in [0.25, 0.3) is 5.91 Å². The van der Waals surface area contributed by atoms with E-state index in [1.165, 1.54) is 6.08 Å². The van der Waals surface area contributed by atoms with Crippen molar-refractivity contribution in [3.8, 4) is 11.5 Å². The van der Waals surface area contributed by atoms with E-state index in [-0.39, 0.29) is 18.6 Å². The summed E-state index contributed by atoms with van der Waals surface area (Å²) in [5.41, 5.74) is 1.85. The standard InChI is InChI=1S/C23H25NO5/c1-27-20-10-3-17(4-11-20)7-14-23(26)29-16-22(25)24(19-8-9-19)15-18-5-12-21(28-2)13-6-18/h3-7,10-14,19H,8-9,15-16H2,1-2H3/b14-7+. The normalized spacial score (nSPS) is 13.2. The van der Waals surface area contributed by atoms with Crippen molar-refractivity contribution >= 4 is 18.0 Å². The summed E-state index contributed by atoms with van der Waals surface area (Å²) in [5, 5.41) is 0. The van der Waals surface area contributed by atoms with Gasteiger partial charge in [-0.25, -0.2) is 4.79 Å². The fourth-order valence-electron chi connectivity index (χ4n) is 2.88. The first-order valence-corrected chi connectivity index (χ1v) is 9.50. The molecule has 0 N–H and O–H groups in total. The van der Waals surface area contributed by atoms with E-state index < -0.39 is 5.97 Å². The van der Waals surface area contributed by atoms with Crippen LogP contribution in [-0.2, 0) is 20.9 Å². The smallest absolute Gasteiger partial charge is 0.331 e. The van der Waals surface area contributed by atoms with Gasteiger partial charge in [0.2, 0.25) is 0 Å². The van der Waals surface area contributed by atoms with Crippen LogP contribution in [0.25, 0.3) is 6.08 Å². The van der Waals surface area contributed by atoms with Gasteiger partial charge in [-0.1, -0.05) is 24.3 Å². The van der Waals surface area contributed by atoms with Crippen LogP contribution in [0.15, 0.2) is 54.6 Å². The van der Waals surface area contributed by atoms with E-state index >= 15 is 0 Å². The molecule has 0 saturated heterocycles. The van der Waals surface area contributed by atoms with Crippen LogP contribution in [0.2, 0.25) is 0 Å². The zero-order valence-electron chi connectivity index (χ0n) is 16.7. The summed E-state index contributed by atoms with van der Waals surface area (Å²) in [6, 6.07) is 15.1. The van der Waals surface area contributed by atoms with Crippen molar-refractivity contribution in [1.82, 2.24) is 4.90 Å². The van der Waals surface area contributed by atoms with Gasteiger partial charge in [-0.15, -0.1) is 0 Å². The Kier molecular flexibility index (Phi) is 6.89. The molecule has 1 amide bonds. The summed E-state index contributed by atoms with van der Waals surface area (Å²) in [6.07, 6.45) is 4.92. The highest BCUT2D eigenvalue weighted by Gasteiger charge is 2.32. The molecule has 2 aromatic rings. The molecule has 0 atom stereocenters. The van der Waals surface area contributed by atoms with Crippen molar-refractivity contribution in [2.45, 2.75) is 25.4 Å². The zero-order chi connectivity index (χ0) is 20.6. The molecule has 6 nitrogen and oxygen atoms in total. The van der Waals surface area contributed by atoms with E-state index in [4.69, 9.17) is 14.2 Å². The summed E-state index contributed by atoms with van der Waals surface area (Å²) in [4.78, 5) is 26.3. The Morgan fingerprint density at radius 3 is 2.10 bits per heavy atom. The number of carbonyl (C=O) groups is 2. The Hall–Kier alpha value is -3.28. The van der Waals surface area contributed by atoms with Gasteiger partial charge in [-0.2, -0.15) is 0 Å². The lowest BCUT2D eigenvalue weighted by Crippen LogP contribution is -2.35. The van der Waals surface area contributed by atoms with Crippen molar-refractivity contribution < 1.29 is 23.8 Å². The van der Waals surface area contributed by atoms with E-state index in [0.29, 0.717) is 6.54 Å². The monoisotopic (exact) mass is 395 g/mol. The second-order valence-corrected chi connectivity index (χ2v) is 6.82. The summed E-state index contributed by atoms with van der Waals surface area (Å²) in [5.74, 6) is 0.784. The molecule has 6 heteroatoms. The minimum absolute atomic E-state index is 0.186. The van der Waals surface area contributed by atoms with Gasteiger partial charge < -0.3 is 19.1 Å². The maximum absolute atomic E-state index is 12.6. The lowest BCUT2D eigenvalue weighted by atomic mass is 10.2. The summed E-state index contributed by atoms with van der Waals surface area (Å²) in [6.45, 7) is 0.227. The Balaban J connectivity index is 1.51. The van der Waals surface area contributed by atoms with Gasteiger partial charge >= 0.3 is 5.97 Å². The van der Waals surface area contributed by atoms with Crippen LogP contribution in [0.1, 0.15) is 24.0 Å². The predicted octanol–water partition coefficient (Wildman–Crippen LogP) is 3.45. The largest absolute Gasteiger partial charge is 0.497 e. The summed E-state index contributed by atoms with van der Waals surface area (Å²) in [7, 11) is 3.21. The van der Waals surface area contributed by atoms with Crippen LogP contribution in [0.4, 0.5) is 0 Å². The molecule has 29 heavy (non-hydrogen) atoms. The molecule has 0 heterocycles. The zero-order valence-corrected chi connectivity index (χ0v) is 16.7. The molecule has 2 aromatic carbocycles. The third kappa shape index (κ3) is 6.10. The number of hydrogen-bond acceptors (Lipinski definition) is 5. The first kappa shape index (κ1) is 20.5. The average molecular weight is 395 g/mol. The van der Waals surface area contributed by atoms with Crippen molar-refractivity contribution in [3.63, 3.8) is 0 Å². The van der Waals surface area contributed by atoms with Crippen LogP contribution in [0, 0.1) is 0 Å². The Morgan fingerprint density at radius 1 is 0.966 bits per heavy atom. The molecular weight excluding hydrogens is 370 g/mol. The van der Waals surface area contributed by atoms with Crippen LogP contribution in [0.3, 0.4) is 0 Å². The van der Waals surface area contributed by atoms with E-state index in [9.17, 15) is 9.59 Å². The molecule has 0 radical (unpaired) electrons. The quantitative estimate of drug-likeness (QED) is 0.481. The lowest BCUT2D eigenvalue weighted by Gasteiger charge is -2.22. The summed E-state index contributed by atoms with van der Waals surface area (Å²) < 4.78 is 15.4. The first-order chi connectivity index (χ1) is 14.1. The predicted molar refractivity (Wildman–Crippen MR) is 110 cm³/mol. The van der Waals surface area contributed by atoms with Crippen LogP contribution in [-0.4, -0.2) is 43.6 Å². The molecule has 0 bridgehead atoms. The van der Waals surface area contributed by atoms with Crippen molar-refractivity contribution in [1.29, 1.82) is 0 Å². The van der Waals surface area contributed by atoms with Crippen LogP contribution >= 0.6 is 0 Å². The number of nitrogens with zero attached hydrogens (tertiary/aromatic N) is 1. The highest BCUT2D eigenvalue weighted by Crippen LogP contribution is 2.28. The third-order valence-electron chi connectivity index (χ3n) is 4.69. The maximum atomic E-state index is 12.6.